The van der Waals surface area contributed by atoms with E-state index in [-0.39, 0.29) is 5.56 Å². The molecule has 0 radical (unpaired) electrons. The molecule has 172 valence electrons. The Morgan fingerprint density at radius 3 is 2.25 bits per heavy atom. The molecule has 3 aromatic rings. The van der Waals surface area contributed by atoms with Gasteiger partial charge in [0, 0.05) is 36.8 Å². The maximum atomic E-state index is 13.4. The molecule has 0 bridgehead atoms. The lowest BCUT2D eigenvalue weighted by Crippen LogP contribution is -2.24. The van der Waals surface area contributed by atoms with E-state index in [1.54, 1.807) is 4.57 Å². The molecule has 3 rings (SSSR count). The first-order chi connectivity index (χ1) is 15.3. The van der Waals surface area contributed by atoms with Gasteiger partial charge in [-0.1, -0.05) is 19.9 Å². The van der Waals surface area contributed by atoms with Crippen LogP contribution in [0.1, 0.15) is 48.9 Å². The van der Waals surface area contributed by atoms with Crippen molar-refractivity contribution in [2.45, 2.75) is 54.4 Å². The first kappa shape index (κ1) is 24.0. The predicted molar refractivity (Wildman–Crippen MR) is 137 cm³/mol. The summed E-state index contributed by atoms with van der Waals surface area (Å²) in [6.45, 7) is 17.1. The highest BCUT2D eigenvalue weighted by molar-refractivity contribution is 5.86. The summed E-state index contributed by atoms with van der Waals surface area (Å²) in [6, 6.07) is 6.19. The zero-order chi connectivity index (χ0) is 23.4. The molecular weight excluding hydrogens is 396 g/mol. The molecule has 0 fully saturated rings. The van der Waals surface area contributed by atoms with Crippen molar-refractivity contribution >= 4 is 16.7 Å². The smallest absolute Gasteiger partial charge is 0.258 e. The third-order valence-corrected chi connectivity index (χ3v) is 6.85. The Kier molecular flexibility index (Phi) is 7.73. The number of hydrogen-bond acceptors (Lipinski definition) is 4. The van der Waals surface area contributed by atoms with Gasteiger partial charge in [-0.05, 0) is 94.1 Å². The first-order valence-electron chi connectivity index (χ1n) is 11.8. The van der Waals surface area contributed by atoms with Crippen LogP contribution in [0.25, 0.3) is 22.0 Å². The van der Waals surface area contributed by atoms with Crippen molar-refractivity contribution in [3.05, 3.63) is 57.0 Å². The van der Waals surface area contributed by atoms with Crippen LogP contribution in [0.4, 0.5) is 5.82 Å². The molecule has 0 saturated heterocycles. The summed E-state index contributed by atoms with van der Waals surface area (Å²) in [4.78, 5) is 20.4. The second kappa shape index (κ2) is 10.3. The highest BCUT2D eigenvalue weighted by atomic mass is 16.1. The van der Waals surface area contributed by atoms with Crippen molar-refractivity contribution in [1.29, 1.82) is 0 Å². The van der Waals surface area contributed by atoms with Crippen LogP contribution in [0.2, 0.25) is 0 Å². The molecule has 0 aliphatic rings. The fourth-order valence-electron chi connectivity index (χ4n) is 4.48. The molecular formula is C27H38N4O. The van der Waals surface area contributed by atoms with E-state index in [9.17, 15) is 4.79 Å². The molecule has 0 saturated carbocycles. The summed E-state index contributed by atoms with van der Waals surface area (Å²) >= 11 is 0. The lowest BCUT2D eigenvalue weighted by molar-refractivity contribution is 0.298. The summed E-state index contributed by atoms with van der Waals surface area (Å²) in [5, 5.41) is 4.41. The number of pyridine rings is 2. The van der Waals surface area contributed by atoms with E-state index >= 15 is 0 Å². The van der Waals surface area contributed by atoms with E-state index in [0.717, 1.165) is 60.4 Å². The van der Waals surface area contributed by atoms with Crippen LogP contribution in [-0.4, -0.2) is 40.6 Å². The van der Waals surface area contributed by atoms with Crippen LogP contribution in [0.15, 0.2) is 29.2 Å². The zero-order valence-electron chi connectivity index (χ0n) is 20.8. The molecule has 2 heterocycles. The molecule has 5 heteroatoms. The van der Waals surface area contributed by atoms with Crippen LogP contribution in [0.5, 0.6) is 0 Å². The Labute approximate surface area is 192 Å². The van der Waals surface area contributed by atoms with Gasteiger partial charge >= 0.3 is 0 Å². The Bertz CT molecular complexity index is 1130. The lowest BCUT2D eigenvalue weighted by Gasteiger charge is -2.18. The van der Waals surface area contributed by atoms with Crippen molar-refractivity contribution in [3.63, 3.8) is 0 Å². The number of rotatable bonds is 9. The molecule has 5 nitrogen and oxygen atoms in total. The summed E-state index contributed by atoms with van der Waals surface area (Å²) in [5.74, 6) is 0.821. The standard InChI is InChI=1S/C27H38N4O/c1-8-31(9-2)13-11-10-12-28-25-16-24-22(17-29-25)15-23(27(32)30(24)7)26-20(5)18(3)14-19(4)21(26)6/h14-17H,8-13H2,1-7H3,(H,28,29). The second-order valence-corrected chi connectivity index (χ2v) is 8.85. The topological polar surface area (TPSA) is 50.2 Å². The minimum atomic E-state index is 0.0325. The molecule has 32 heavy (non-hydrogen) atoms. The van der Waals surface area contributed by atoms with Crippen molar-refractivity contribution in [1.82, 2.24) is 14.5 Å². The molecule has 0 spiro atoms. The van der Waals surface area contributed by atoms with Crippen molar-refractivity contribution in [3.8, 4) is 11.1 Å². The molecule has 1 N–H and O–H groups in total. The third-order valence-electron chi connectivity index (χ3n) is 6.85. The minimum Gasteiger partial charge on any atom is -0.370 e. The maximum absolute atomic E-state index is 13.4. The van der Waals surface area contributed by atoms with E-state index in [4.69, 9.17) is 0 Å². The maximum Gasteiger partial charge on any atom is 0.258 e. The molecule has 2 aromatic heterocycles. The van der Waals surface area contributed by atoms with Crippen molar-refractivity contribution in [2.75, 3.05) is 31.5 Å². The number of hydrogen-bond donors (Lipinski definition) is 1. The van der Waals surface area contributed by atoms with Gasteiger partial charge in [0.2, 0.25) is 0 Å². The number of anilines is 1. The number of aryl methyl sites for hydroxylation is 3. The highest BCUT2D eigenvalue weighted by Crippen LogP contribution is 2.31. The van der Waals surface area contributed by atoms with E-state index in [2.05, 4.69) is 62.8 Å². The highest BCUT2D eigenvalue weighted by Gasteiger charge is 2.16. The monoisotopic (exact) mass is 434 g/mol. The summed E-state index contributed by atoms with van der Waals surface area (Å²) < 4.78 is 1.76. The minimum absolute atomic E-state index is 0.0325. The van der Waals surface area contributed by atoms with Gasteiger partial charge in [0.15, 0.2) is 0 Å². The fraction of sp³-hybridized carbons (Fsp3) is 0.481. The van der Waals surface area contributed by atoms with Crippen molar-refractivity contribution < 1.29 is 0 Å². The average molecular weight is 435 g/mol. The number of fused-ring (bicyclic) bond motifs is 1. The number of nitrogens with zero attached hydrogens (tertiary/aromatic N) is 3. The lowest BCUT2D eigenvalue weighted by atomic mass is 9.90. The molecule has 0 unspecified atom stereocenters. The van der Waals surface area contributed by atoms with Crippen LogP contribution >= 0.6 is 0 Å². The van der Waals surface area contributed by atoms with Gasteiger partial charge in [-0.3, -0.25) is 4.79 Å². The normalized spacial score (nSPS) is 11.5. The van der Waals surface area contributed by atoms with E-state index in [0.29, 0.717) is 0 Å². The summed E-state index contributed by atoms with van der Waals surface area (Å²) in [5.41, 5.74) is 7.50. The fourth-order valence-corrected chi connectivity index (χ4v) is 4.48. The zero-order valence-corrected chi connectivity index (χ0v) is 20.8. The third kappa shape index (κ3) is 4.88. The van der Waals surface area contributed by atoms with E-state index in [1.165, 1.54) is 28.7 Å². The van der Waals surface area contributed by atoms with Gasteiger partial charge < -0.3 is 14.8 Å². The predicted octanol–water partition coefficient (Wildman–Crippen LogP) is 5.37. The average Bonchev–Trinajstić information content (AvgIpc) is 2.78. The van der Waals surface area contributed by atoms with E-state index in [1.807, 2.05) is 25.4 Å². The number of nitrogens with one attached hydrogen (secondary N) is 1. The Morgan fingerprint density at radius 2 is 1.62 bits per heavy atom. The quantitative estimate of drug-likeness (QED) is 0.460. The van der Waals surface area contributed by atoms with Crippen LogP contribution in [0.3, 0.4) is 0 Å². The van der Waals surface area contributed by atoms with Gasteiger partial charge in [-0.15, -0.1) is 0 Å². The number of aromatic nitrogens is 2. The van der Waals surface area contributed by atoms with Crippen LogP contribution in [0, 0.1) is 27.7 Å². The first-order valence-corrected chi connectivity index (χ1v) is 11.8. The van der Waals surface area contributed by atoms with Gasteiger partial charge in [0.1, 0.15) is 5.82 Å². The Balaban J connectivity index is 1.86. The second-order valence-electron chi connectivity index (χ2n) is 8.85. The molecule has 1 aromatic carbocycles. The molecule has 0 aliphatic carbocycles. The van der Waals surface area contributed by atoms with Gasteiger partial charge in [0.25, 0.3) is 5.56 Å². The summed E-state index contributed by atoms with van der Waals surface area (Å²) in [7, 11) is 1.86. The molecule has 0 amide bonds. The van der Waals surface area contributed by atoms with Crippen LogP contribution in [-0.2, 0) is 7.05 Å². The van der Waals surface area contributed by atoms with Crippen LogP contribution < -0.4 is 10.9 Å². The largest absolute Gasteiger partial charge is 0.370 e. The molecule has 0 atom stereocenters. The Morgan fingerprint density at radius 1 is 0.969 bits per heavy atom. The SMILES string of the molecule is CCN(CC)CCCCNc1cc2c(cn1)cc(-c1c(C)c(C)cc(C)c1C)c(=O)n2C. The van der Waals surface area contributed by atoms with Gasteiger partial charge in [-0.25, -0.2) is 4.98 Å². The van der Waals surface area contributed by atoms with Crippen molar-refractivity contribution in [2.24, 2.45) is 7.05 Å². The summed E-state index contributed by atoms with van der Waals surface area (Å²) in [6.07, 6.45) is 4.14. The Hall–Kier alpha value is -2.66. The molecule has 0 aliphatic heterocycles. The van der Waals surface area contributed by atoms with Gasteiger partial charge in [0.05, 0.1) is 5.52 Å². The number of benzene rings is 1. The number of unbranched alkanes of at least 4 members (excludes halogenated alkanes) is 1. The van der Waals surface area contributed by atoms with E-state index < -0.39 is 0 Å². The van der Waals surface area contributed by atoms with Gasteiger partial charge in [-0.2, -0.15) is 0 Å².